The molecule has 0 spiro atoms. The van der Waals surface area contributed by atoms with Gasteiger partial charge in [0.05, 0.1) is 23.1 Å². The Morgan fingerprint density at radius 1 is 1.38 bits per heavy atom. The second-order valence-corrected chi connectivity index (χ2v) is 6.52. The number of fused-ring (bicyclic) bond motifs is 1. The van der Waals surface area contributed by atoms with Crippen LogP contribution in [0.4, 0.5) is 14.5 Å². The Hall–Kier alpha value is -2.46. The van der Waals surface area contributed by atoms with Gasteiger partial charge in [-0.3, -0.25) is 4.98 Å². The summed E-state index contributed by atoms with van der Waals surface area (Å²) in [5, 5.41) is 21.2. The molecule has 0 bridgehead atoms. The summed E-state index contributed by atoms with van der Waals surface area (Å²) in [4.78, 5) is 8.70. The molecule has 4 heterocycles. The molecule has 1 aliphatic heterocycles. The van der Waals surface area contributed by atoms with Crippen LogP contribution in [0.1, 0.15) is 22.9 Å². The predicted molar refractivity (Wildman–Crippen MR) is 80.6 cm³/mol. The second-order valence-electron chi connectivity index (χ2n) is 5.41. The first-order valence-corrected chi connectivity index (χ1v) is 7.84. The van der Waals surface area contributed by atoms with Crippen molar-refractivity contribution >= 4 is 17.0 Å². The average Bonchev–Trinajstić information content (AvgIpc) is 3.23. The van der Waals surface area contributed by atoms with Gasteiger partial charge in [0.15, 0.2) is 0 Å². The van der Waals surface area contributed by atoms with E-state index in [0.29, 0.717) is 16.3 Å². The maximum absolute atomic E-state index is 12.5. The quantitative estimate of drug-likeness (QED) is 0.745. The van der Waals surface area contributed by atoms with Crippen LogP contribution in [0.3, 0.4) is 0 Å². The Labute approximate surface area is 138 Å². The number of hydrogen-bond acceptors (Lipinski definition) is 8. The second kappa shape index (κ2) is 5.56. The van der Waals surface area contributed by atoms with Crippen molar-refractivity contribution in [1.82, 2.24) is 20.2 Å². The van der Waals surface area contributed by atoms with Crippen molar-refractivity contribution in [2.75, 3.05) is 5.32 Å². The van der Waals surface area contributed by atoms with Gasteiger partial charge in [0.1, 0.15) is 10.6 Å². The van der Waals surface area contributed by atoms with E-state index in [1.165, 1.54) is 17.5 Å². The normalized spacial score (nSPS) is 19.5. The highest BCUT2D eigenvalue weighted by Crippen LogP contribution is 2.34. The minimum absolute atomic E-state index is 0.00657. The zero-order chi connectivity index (χ0) is 16.7. The van der Waals surface area contributed by atoms with Crippen molar-refractivity contribution in [3.05, 3.63) is 41.1 Å². The van der Waals surface area contributed by atoms with Crippen LogP contribution >= 0.6 is 11.3 Å². The first-order valence-electron chi connectivity index (χ1n) is 7.02. The molecule has 2 N–H and O–H groups in total. The summed E-state index contributed by atoms with van der Waals surface area (Å²) in [6.07, 6.45) is 2.66. The number of anilines is 1. The van der Waals surface area contributed by atoms with E-state index in [9.17, 15) is 13.9 Å². The maximum Gasteiger partial charge on any atom is 0.314 e. The molecule has 10 heteroatoms. The minimum atomic E-state index is -2.81. The maximum atomic E-state index is 12.5. The van der Waals surface area contributed by atoms with E-state index >= 15 is 0 Å². The lowest BCUT2D eigenvalue weighted by Gasteiger charge is -2.22. The van der Waals surface area contributed by atoms with E-state index < -0.39 is 18.0 Å². The molecule has 0 amide bonds. The molecule has 1 atom stereocenters. The van der Waals surface area contributed by atoms with Crippen LogP contribution in [0.15, 0.2) is 29.1 Å². The fourth-order valence-electron chi connectivity index (χ4n) is 2.57. The van der Waals surface area contributed by atoms with E-state index in [1.54, 1.807) is 12.4 Å². The van der Waals surface area contributed by atoms with Gasteiger partial charge >= 0.3 is 6.43 Å². The van der Waals surface area contributed by atoms with Crippen molar-refractivity contribution in [3.8, 4) is 10.8 Å². The molecule has 3 aromatic rings. The monoisotopic (exact) mass is 351 g/mol. The standard InChI is InChI=1S/C14H11F2N5O2S/c15-11(16)13-21-20-12(23-13)9-6-18-10(24-9)4-14(22)3-7-1-2-17-5-8(7)19-14/h1-2,5-6,11,19,22H,3-4H2. The van der Waals surface area contributed by atoms with Crippen LogP contribution in [-0.2, 0) is 12.8 Å². The number of alkyl halides is 2. The smallest absolute Gasteiger partial charge is 0.314 e. The zero-order valence-electron chi connectivity index (χ0n) is 12.1. The Morgan fingerprint density at radius 3 is 3.00 bits per heavy atom. The van der Waals surface area contributed by atoms with Crippen molar-refractivity contribution in [1.29, 1.82) is 0 Å². The molecular weight excluding hydrogens is 340 g/mol. The third-order valence-corrected chi connectivity index (χ3v) is 4.58. The molecule has 0 aliphatic carbocycles. The fourth-order valence-corrected chi connectivity index (χ4v) is 3.52. The van der Waals surface area contributed by atoms with Gasteiger partial charge in [-0.25, -0.2) is 4.98 Å². The zero-order valence-corrected chi connectivity index (χ0v) is 12.9. The molecule has 1 aliphatic rings. The highest BCUT2D eigenvalue weighted by atomic mass is 32.1. The van der Waals surface area contributed by atoms with Crippen LogP contribution in [0.2, 0.25) is 0 Å². The van der Waals surface area contributed by atoms with Gasteiger partial charge < -0.3 is 14.8 Å². The molecule has 0 saturated heterocycles. The molecule has 4 rings (SSSR count). The van der Waals surface area contributed by atoms with Crippen molar-refractivity contribution < 1.29 is 18.3 Å². The third-order valence-electron chi connectivity index (χ3n) is 3.60. The Morgan fingerprint density at radius 2 is 2.25 bits per heavy atom. The summed E-state index contributed by atoms with van der Waals surface area (Å²) in [7, 11) is 0. The number of nitrogens with one attached hydrogen (secondary N) is 1. The number of halogens is 2. The van der Waals surface area contributed by atoms with Gasteiger partial charge in [-0.1, -0.05) is 0 Å². The number of aliphatic hydroxyl groups is 1. The lowest BCUT2D eigenvalue weighted by Crippen LogP contribution is -2.38. The van der Waals surface area contributed by atoms with Gasteiger partial charge in [0.2, 0.25) is 0 Å². The summed E-state index contributed by atoms with van der Waals surface area (Å²) in [6.45, 7) is 0. The van der Waals surface area contributed by atoms with Crippen molar-refractivity contribution in [2.45, 2.75) is 25.0 Å². The highest BCUT2D eigenvalue weighted by molar-refractivity contribution is 7.15. The lowest BCUT2D eigenvalue weighted by atomic mass is 10.1. The molecule has 7 nitrogen and oxygen atoms in total. The van der Waals surface area contributed by atoms with Gasteiger partial charge in [-0.2, -0.15) is 8.78 Å². The molecular formula is C14H11F2N5O2S. The minimum Gasteiger partial charge on any atom is -0.414 e. The highest BCUT2D eigenvalue weighted by Gasteiger charge is 2.35. The first kappa shape index (κ1) is 15.1. The molecule has 0 saturated carbocycles. The van der Waals surface area contributed by atoms with E-state index in [1.807, 2.05) is 6.07 Å². The van der Waals surface area contributed by atoms with Gasteiger partial charge in [-0.15, -0.1) is 21.5 Å². The largest absolute Gasteiger partial charge is 0.414 e. The van der Waals surface area contributed by atoms with Gasteiger partial charge in [0.25, 0.3) is 11.8 Å². The number of aromatic nitrogens is 4. The number of pyridine rings is 1. The van der Waals surface area contributed by atoms with E-state index in [-0.39, 0.29) is 12.3 Å². The van der Waals surface area contributed by atoms with Crippen LogP contribution in [0, 0.1) is 0 Å². The summed E-state index contributed by atoms with van der Waals surface area (Å²) in [6, 6.07) is 1.85. The number of nitrogens with zero attached hydrogens (tertiary/aromatic N) is 4. The number of hydrogen-bond donors (Lipinski definition) is 2. The van der Waals surface area contributed by atoms with Gasteiger partial charge in [-0.05, 0) is 11.6 Å². The van der Waals surface area contributed by atoms with Gasteiger partial charge in [0, 0.05) is 19.0 Å². The van der Waals surface area contributed by atoms with Crippen LogP contribution in [0.25, 0.3) is 10.8 Å². The van der Waals surface area contributed by atoms with E-state index in [0.717, 1.165) is 11.3 Å². The Kier molecular flexibility index (Phi) is 3.50. The van der Waals surface area contributed by atoms with Crippen LogP contribution in [-0.4, -0.2) is 31.0 Å². The number of thiazole rings is 1. The van der Waals surface area contributed by atoms with Crippen LogP contribution < -0.4 is 5.32 Å². The summed E-state index contributed by atoms with van der Waals surface area (Å²) < 4.78 is 29.9. The Balaban J connectivity index is 1.51. The average molecular weight is 351 g/mol. The first-order chi connectivity index (χ1) is 11.5. The van der Waals surface area contributed by atoms with Crippen LogP contribution in [0.5, 0.6) is 0 Å². The fraction of sp³-hybridized carbons (Fsp3) is 0.286. The summed E-state index contributed by atoms with van der Waals surface area (Å²) in [5.74, 6) is -0.730. The van der Waals surface area contributed by atoms with E-state index in [2.05, 4.69) is 25.5 Å². The predicted octanol–water partition coefficient (Wildman–Crippen LogP) is 2.42. The molecule has 1 unspecified atom stereocenters. The SMILES string of the molecule is OC1(Cc2ncc(-c3nnc(C(F)F)o3)s2)Cc2ccncc2N1. The lowest BCUT2D eigenvalue weighted by molar-refractivity contribution is 0.0781. The van der Waals surface area contributed by atoms with E-state index in [4.69, 9.17) is 4.42 Å². The summed E-state index contributed by atoms with van der Waals surface area (Å²) >= 11 is 1.21. The molecule has 0 radical (unpaired) electrons. The number of rotatable bonds is 4. The summed E-state index contributed by atoms with van der Waals surface area (Å²) in [5.41, 5.74) is 0.599. The third kappa shape index (κ3) is 2.74. The Bertz CT molecular complexity index is 856. The molecule has 0 fully saturated rings. The van der Waals surface area contributed by atoms with Crippen molar-refractivity contribution in [2.24, 2.45) is 0 Å². The molecule has 124 valence electrons. The molecule has 0 aromatic carbocycles. The van der Waals surface area contributed by atoms with Crippen molar-refractivity contribution in [3.63, 3.8) is 0 Å². The topological polar surface area (TPSA) is 97.0 Å². The molecule has 24 heavy (non-hydrogen) atoms. The molecule has 3 aromatic heterocycles.